The van der Waals surface area contributed by atoms with Crippen LogP contribution in [0, 0.1) is 0 Å². The second-order valence-corrected chi connectivity index (χ2v) is 3.13. The van der Waals surface area contributed by atoms with Gasteiger partial charge >= 0.3 is 0 Å². The zero-order chi connectivity index (χ0) is 10.4. The van der Waals surface area contributed by atoms with Crippen LogP contribution in [0.25, 0.3) is 0 Å². The minimum Gasteiger partial charge on any atom is -0.313 e. The molecule has 0 fully saturated rings. The Balaban J connectivity index is 2.47. The third-order valence-corrected chi connectivity index (χ3v) is 1.92. The van der Waals surface area contributed by atoms with Gasteiger partial charge in [0.15, 0.2) is 0 Å². The second-order valence-electron chi connectivity index (χ2n) is 3.13. The Labute approximate surface area is 83.7 Å². The van der Waals surface area contributed by atoms with Gasteiger partial charge < -0.3 is 5.32 Å². The Bertz CT molecular complexity index is 259. The van der Waals surface area contributed by atoms with E-state index in [0.29, 0.717) is 5.69 Å². The van der Waals surface area contributed by atoms with Crippen LogP contribution in [-0.2, 0) is 6.54 Å². The van der Waals surface area contributed by atoms with Crippen molar-refractivity contribution in [3.8, 4) is 0 Å². The molecule has 4 heteroatoms. The summed E-state index contributed by atoms with van der Waals surface area (Å²) in [6, 6.07) is 7.03. The molecule has 0 saturated carbocycles. The molecule has 0 unspecified atom stereocenters. The molecule has 1 aromatic rings. The van der Waals surface area contributed by atoms with Gasteiger partial charge in [-0.1, -0.05) is 19.1 Å². The summed E-state index contributed by atoms with van der Waals surface area (Å²) in [6.07, 6.45) is 1.11. The number of hydrogen-bond donors (Lipinski definition) is 3. The van der Waals surface area contributed by atoms with Crippen molar-refractivity contribution in [3.05, 3.63) is 29.8 Å². The fourth-order valence-electron chi connectivity index (χ4n) is 1.16. The molecular weight excluding hydrogens is 180 g/mol. The Hall–Kier alpha value is -1.10. The van der Waals surface area contributed by atoms with E-state index in [1.165, 1.54) is 0 Å². The van der Waals surface area contributed by atoms with E-state index in [-0.39, 0.29) is 5.23 Å². The van der Waals surface area contributed by atoms with E-state index >= 15 is 0 Å². The number of nitrogens with zero attached hydrogens (tertiary/aromatic N) is 1. The lowest BCUT2D eigenvalue weighted by molar-refractivity contribution is 0.0291. The summed E-state index contributed by atoms with van der Waals surface area (Å²) >= 11 is 0. The first-order chi connectivity index (χ1) is 6.74. The molecule has 0 radical (unpaired) electrons. The molecule has 0 saturated heterocycles. The van der Waals surface area contributed by atoms with E-state index in [1.54, 1.807) is 12.1 Å². The monoisotopic (exact) mass is 196 g/mol. The first-order valence-corrected chi connectivity index (χ1v) is 4.71. The second kappa shape index (κ2) is 5.59. The Morgan fingerprint density at radius 1 is 1.21 bits per heavy atom. The van der Waals surface area contributed by atoms with Crippen molar-refractivity contribution < 1.29 is 10.4 Å². The SMILES string of the molecule is CCCNCc1ccc(N(O)O)cc1. The summed E-state index contributed by atoms with van der Waals surface area (Å²) in [7, 11) is 0. The van der Waals surface area contributed by atoms with Crippen molar-refractivity contribution in [2.45, 2.75) is 19.9 Å². The van der Waals surface area contributed by atoms with E-state index in [0.717, 1.165) is 25.1 Å². The lowest BCUT2D eigenvalue weighted by atomic mass is 10.2. The predicted octanol–water partition coefficient (Wildman–Crippen LogP) is 1.77. The molecular formula is C10H16N2O2. The summed E-state index contributed by atoms with van der Waals surface area (Å²) in [5, 5.41) is 20.8. The van der Waals surface area contributed by atoms with Crippen LogP contribution in [0.3, 0.4) is 0 Å². The van der Waals surface area contributed by atoms with Gasteiger partial charge in [0.1, 0.15) is 0 Å². The molecule has 4 nitrogen and oxygen atoms in total. The molecule has 0 amide bonds. The van der Waals surface area contributed by atoms with Gasteiger partial charge in [0.25, 0.3) is 0 Å². The van der Waals surface area contributed by atoms with Crippen molar-refractivity contribution in [1.82, 2.24) is 5.32 Å². The highest BCUT2D eigenvalue weighted by molar-refractivity contribution is 5.42. The molecule has 0 aromatic heterocycles. The summed E-state index contributed by atoms with van der Waals surface area (Å²) < 4.78 is 0. The van der Waals surface area contributed by atoms with Crippen LogP contribution in [-0.4, -0.2) is 17.0 Å². The molecule has 0 aliphatic rings. The molecule has 0 heterocycles. The Kier molecular flexibility index (Phi) is 4.39. The Morgan fingerprint density at radius 2 is 1.86 bits per heavy atom. The van der Waals surface area contributed by atoms with Crippen LogP contribution in [0.4, 0.5) is 5.69 Å². The fraction of sp³-hybridized carbons (Fsp3) is 0.400. The van der Waals surface area contributed by atoms with E-state index < -0.39 is 0 Å². The number of anilines is 1. The molecule has 3 N–H and O–H groups in total. The van der Waals surface area contributed by atoms with Gasteiger partial charge in [0, 0.05) is 6.54 Å². The topological polar surface area (TPSA) is 55.7 Å². The molecule has 1 rings (SSSR count). The largest absolute Gasteiger partial charge is 0.313 e. The smallest absolute Gasteiger partial charge is 0.0942 e. The number of benzene rings is 1. The minimum atomic E-state index is 0.114. The molecule has 0 spiro atoms. The van der Waals surface area contributed by atoms with Crippen molar-refractivity contribution in [1.29, 1.82) is 0 Å². The third-order valence-electron chi connectivity index (χ3n) is 1.92. The minimum absolute atomic E-state index is 0.114. The highest BCUT2D eigenvalue weighted by Gasteiger charge is 1.97. The van der Waals surface area contributed by atoms with Crippen molar-refractivity contribution in [2.75, 3.05) is 11.8 Å². The molecule has 14 heavy (non-hydrogen) atoms. The van der Waals surface area contributed by atoms with Gasteiger partial charge in [-0.2, -0.15) is 0 Å². The molecule has 0 aliphatic heterocycles. The normalized spacial score (nSPS) is 10.2. The quantitative estimate of drug-likeness (QED) is 0.496. The molecule has 0 atom stereocenters. The van der Waals surface area contributed by atoms with E-state index in [2.05, 4.69) is 12.2 Å². The lowest BCUT2D eigenvalue weighted by Crippen LogP contribution is -2.14. The van der Waals surface area contributed by atoms with Crippen molar-refractivity contribution >= 4 is 5.69 Å². The van der Waals surface area contributed by atoms with Crippen LogP contribution in [0.1, 0.15) is 18.9 Å². The zero-order valence-corrected chi connectivity index (χ0v) is 8.27. The highest BCUT2D eigenvalue weighted by Crippen LogP contribution is 2.11. The van der Waals surface area contributed by atoms with Crippen molar-refractivity contribution in [2.24, 2.45) is 0 Å². The van der Waals surface area contributed by atoms with E-state index in [1.807, 2.05) is 12.1 Å². The van der Waals surface area contributed by atoms with Gasteiger partial charge in [0.05, 0.1) is 5.69 Å². The average Bonchev–Trinajstić information content (AvgIpc) is 2.19. The average molecular weight is 196 g/mol. The molecule has 1 aromatic carbocycles. The standard InChI is InChI=1S/C10H16N2O2/c1-2-7-11-8-9-3-5-10(6-4-9)12(13)14/h3-6,11,13-14H,2,7-8H2,1H3. The number of hydrogen-bond acceptors (Lipinski definition) is 4. The van der Waals surface area contributed by atoms with Gasteiger partial charge in [-0.05, 0) is 30.7 Å². The molecule has 78 valence electrons. The maximum atomic E-state index is 8.70. The first-order valence-electron chi connectivity index (χ1n) is 4.71. The van der Waals surface area contributed by atoms with Gasteiger partial charge in [0.2, 0.25) is 0 Å². The Morgan fingerprint density at radius 3 is 2.36 bits per heavy atom. The summed E-state index contributed by atoms with van der Waals surface area (Å²) in [5.74, 6) is 0. The predicted molar refractivity (Wildman–Crippen MR) is 54.5 cm³/mol. The van der Waals surface area contributed by atoms with Crippen LogP contribution in [0.2, 0.25) is 0 Å². The lowest BCUT2D eigenvalue weighted by Gasteiger charge is -2.08. The fourth-order valence-corrected chi connectivity index (χ4v) is 1.16. The van der Waals surface area contributed by atoms with Crippen molar-refractivity contribution in [3.63, 3.8) is 0 Å². The number of nitrogens with one attached hydrogen (secondary N) is 1. The van der Waals surface area contributed by atoms with Crippen LogP contribution in [0.15, 0.2) is 24.3 Å². The maximum Gasteiger partial charge on any atom is 0.0942 e. The maximum absolute atomic E-state index is 8.70. The molecule has 0 aliphatic carbocycles. The summed E-state index contributed by atoms with van der Waals surface area (Å²) in [5.41, 5.74) is 1.49. The van der Waals surface area contributed by atoms with E-state index in [9.17, 15) is 0 Å². The first kappa shape index (κ1) is 11.0. The van der Waals surface area contributed by atoms with Gasteiger partial charge in [-0.15, -0.1) is 5.23 Å². The summed E-state index contributed by atoms with van der Waals surface area (Å²) in [4.78, 5) is 0. The van der Waals surface area contributed by atoms with Gasteiger partial charge in [-0.25, -0.2) is 0 Å². The highest BCUT2D eigenvalue weighted by atomic mass is 16.8. The van der Waals surface area contributed by atoms with Crippen LogP contribution >= 0.6 is 0 Å². The van der Waals surface area contributed by atoms with Crippen LogP contribution in [0.5, 0.6) is 0 Å². The third kappa shape index (κ3) is 3.33. The zero-order valence-electron chi connectivity index (χ0n) is 8.27. The number of rotatable bonds is 5. The molecule has 0 bridgehead atoms. The van der Waals surface area contributed by atoms with Gasteiger partial charge in [-0.3, -0.25) is 10.4 Å². The van der Waals surface area contributed by atoms with Crippen LogP contribution < -0.4 is 10.5 Å². The van der Waals surface area contributed by atoms with E-state index in [4.69, 9.17) is 10.4 Å². The summed E-state index contributed by atoms with van der Waals surface area (Å²) in [6.45, 7) is 3.92.